The molecule has 0 bridgehead atoms. The average Bonchev–Trinajstić information content (AvgIpc) is 2.50. The highest BCUT2D eigenvalue weighted by Gasteiger charge is 2.13. The van der Waals surface area contributed by atoms with Gasteiger partial charge < -0.3 is 15.8 Å². The second-order valence-electron chi connectivity index (χ2n) is 2.79. The Morgan fingerprint density at radius 1 is 1.58 bits per heavy atom. The molecule has 3 nitrogen and oxygen atoms in total. The molecule has 2 atom stereocenters. The summed E-state index contributed by atoms with van der Waals surface area (Å²) in [7, 11) is 0. The summed E-state index contributed by atoms with van der Waals surface area (Å²) in [6.07, 6.45) is 1.39. The second-order valence-corrected chi connectivity index (χ2v) is 3.63. The van der Waals surface area contributed by atoms with E-state index in [0.717, 1.165) is 10.7 Å². The van der Waals surface area contributed by atoms with Crippen molar-refractivity contribution in [2.75, 3.05) is 6.26 Å². The van der Waals surface area contributed by atoms with Crippen LogP contribution in [-0.4, -0.2) is 22.4 Å². The quantitative estimate of drug-likeness (QED) is 0.620. The highest BCUT2D eigenvalue weighted by Crippen LogP contribution is 2.19. The number of hydrogen-bond acceptors (Lipinski definition) is 3. The first-order chi connectivity index (χ1) is 5.65. The molecule has 0 amide bonds. The zero-order valence-corrected chi connectivity index (χ0v) is 8.06. The SMILES string of the molecule is CSc1ccc(C(O)C(C)N)[nH]1. The summed E-state index contributed by atoms with van der Waals surface area (Å²) < 4.78 is 0. The van der Waals surface area contributed by atoms with Gasteiger partial charge >= 0.3 is 0 Å². The number of thioether (sulfide) groups is 1. The van der Waals surface area contributed by atoms with Gasteiger partial charge in [-0.2, -0.15) is 0 Å². The molecule has 2 unspecified atom stereocenters. The van der Waals surface area contributed by atoms with E-state index in [-0.39, 0.29) is 6.04 Å². The smallest absolute Gasteiger partial charge is 0.108 e. The van der Waals surface area contributed by atoms with Crippen molar-refractivity contribution in [3.63, 3.8) is 0 Å². The van der Waals surface area contributed by atoms with Gasteiger partial charge in [0.05, 0.1) is 5.03 Å². The Morgan fingerprint density at radius 3 is 2.67 bits per heavy atom. The van der Waals surface area contributed by atoms with Gasteiger partial charge in [-0.15, -0.1) is 11.8 Å². The van der Waals surface area contributed by atoms with E-state index in [0.29, 0.717) is 0 Å². The number of aliphatic hydroxyl groups is 1. The van der Waals surface area contributed by atoms with Crippen LogP contribution in [0.4, 0.5) is 0 Å². The summed E-state index contributed by atoms with van der Waals surface area (Å²) in [5, 5.41) is 10.6. The maximum absolute atomic E-state index is 9.54. The fraction of sp³-hybridized carbons (Fsp3) is 0.500. The summed E-state index contributed by atoms with van der Waals surface area (Å²) in [4.78, 5) is 3.08. The van der Waals surface area contributed by atoms with Crippen molar-refractivity contribution < 1.29 is 5.11 Å². The van der Waals surface area contributed by atoms with Crippen LogP contribution in [0.5, 0.6) is 0 Å². The van der Waals surface area contributed by atoms with Crippen LogP contribution in [0, 0.1) is 0 Å². The van der Waals surface area contributed by atoms with Crippen molar-refractivity contribution in [3.8, 4) is 0 Å². The number of aromatic amines is 1. The molecular weight excluding hydrogens is 172 g/mol. The number of H-pyrrole nitrogens is 1. The third-order valence-electron chi connectivity index (χ3n) is 1.72. The van der Waals surface area contributed by atoms with Crippen LogP contribution in [0.15, 0.2) is 17.2 Å². The normalized spacial score (nSPS) is 16.0. The van der Waals surface area contributed by atoms with Crippen molar-refractivity contribution in [2.24, 2.45) is 5.73 Å². The predicted molar refractivity (Wildman–Crippen MR) is 51.2 cm³/mol. The molecule has 0 aliphatic heterocycles. The van der Waals surface area contributed by atoms with Crippen molar-refractivity contribution in [2.45, 2.75) is 24.1 Å². The highest BCUT2D eigenvalue weighted by atomic mass is 32.2. The maximum atomic E-state index is 9.54. The van der Waals surface area contributed by atoms with Crippen molar-refractivity contribution >= 4 is 11.8 Å². The van der Waals surface area contributed by atoms with Gasteiger partial charge in [0.15, 0.2) is 0 Å². The Kier molecular flexibility index (Phi) is 3.20. The molecule has 1 aromatic rings. The minimum Gasteiger partial charge on any atom is -0.385 e. The number of nitrogens with two attached hydrogens (primary N) is 1. The molecule has 1 heterocycles. The number of rotatable bonds is 3. The van der Waals surface area contributed by atoms with Crippen LogP contribution in [0.25, 0.3) is 0 Å². The van der Waals surface area contributed by atoms with Gasteiger partial charge in [0.1, 0.15) is 6.10 Å². The van der Waals surface area contributed by atoms with E-state index in [4.69, 9.17) is 5.73 Å². The third-order valence-corrected chi connectivity index (χ3v) is 2.40. The molecule has 0 radical (unpaired) electrons. The summed E-state index contributed by atoms with van der Waals surface area (Å²) in [5.41, 5.74) is 6.33. The van der Waals surface area contributed by atoms with Crippen LogP contribution < -0.4 is 5.73 Å². The highest BCUT2D eigenvalue weighted by molar-refractivity contribution is 7.98. The lowest BCUT2D eigenvalue weighted by Gasteiger charge is -2.12. The maximum Gasteiger partial charge on any atom is 0.108 e. The average molecular weight is 186 g/mol. The molecule has 0 saturated heterocycles. The second kappa shape index (κ2) is 3.98. The lowest BCUT2D eigenvalue weighted by molar-refractivity contribution is 0.149. The third kappa shape index (κ3) is 2.03. The topological polar surface area (TPSA) is 62.0 Å². The van der Waals surface area contributed by atoms with Crippen LogP contribution in [0.3, 0.4) is 0 Å². The van der Waals surface area contributed by atoms with E-state index in [1.54, 1.807) is 18.7 Å². The van der Waals surface area contributed by atoms with Crippen LogP contribution in [0.2, 0.25) is 0 Å². The van der Waals surface area contributed by atoms with E-state index in [9.17, 15) is 5.11 Å². The Labute approximate surface area is 76.4 Å². The summed E-state index contributed by atoms with van der Waals surface area (Å²) in [6, 6.07) is 3.56. The van der Waals surface area contributed by atoms with E-state index < -0.39 is 6.10 Å². The molecule has 0 aliphatic rings. The van der Waals surface area contributed by atoms with Gasteiger partial charge in [-0.25, -0.2) is 0 Å². The Bertz CT molecular complexity index is 247. The monoisotopic (exact) mass is 186 g/mol. The molecule has 1 rings (SSSR count). The molecule has 1 aromatic heterocycles. The van der Waals surface area contributed by atoms with Crippen molar-refractivity contribution in [1.29, 1.82) is 0 Å². The van der Waals surface area contributed by atoms with E-state index in [1.165, 1.54) is 0 Å². The lowest BCUT2D eigenvalue weighted by atomic mass is 10.1. The van der Waals surface area contributed by atoms with E-state index >= 15 is 0 Å². The first kappa shape index (κ1) is 9.64. The van der Waals surface area contributed by atoms with E-state index in [1.807, 2.05) is 18.4 Å². The number of aliphatic hydroxyl groups excluding tert-OH is 1. The Hall–Kier alpha value is -0.450. The minimum absolute atomic E-state index is 0.238. The summed E-state index contributed by atoms with van der Waals surface area (Å²) in [5.74, 6) is 0. The lowest BCUT2D eigenvalue weighted by Crippen LogP contribution is -2.24. The standard InChI is InChI=1S/C8H14N2OS/c1-5(9)8(11)6-3-4-7(10-6)12-2/h3-5,8,10-11H,9H2,1-2H3. The molecular formula is C8H14N2OS. The molecule has 0 aliphatic carbocycles. The fourth-order valence-electron chi connectivity index (χ4n) is 0.966. The number of hydrogen-bond donors (Lipinski definition) is 3. The molecule has 4 N–H and O–H groups in total. The molecule has 0 saturated carbocycles. The van der Waals surface area contributed by atoms with Gasteiger partial charge in [0.2, 0.25) is 0 Å². The van der Waals surface area contributed by atoms with Crippen molar-refractivity contribution in [1.82, 2.24) is 4.98 Å². The molecule has 4 heteroatoms. The zero-order valence-electron chi connectivity index (χ0n) is 7.24. The number of aromatic nitrogens is 1. The first-order valence-corrected chi connectivity index (χ1v) is 5.04. The molecule has 68 valence electrons. The largest absolute Gasteiger partial charge is 0.385 e. The summed E-state index contributed by atoms with van der Waals surface area (Å²) >= 11 is 1.61. The van der Waals surface area contributed by atoms with Crippen LogP contribution in [0.1, 0.15) is 18.7 Å². The Balaban J connectivity index is 2.74. The summed E-state index contributed by atoms with van der Waals surface area (Å²) in [6.45, 7) is 1.78. The predicted octanol–water partition coefficient (Wildman–Crippen LogP) is 1.12. The molecule has 12 heavy (non-hydrogen) atoms. The Morgan fingerprint density at radius 2 is 2.25 bits per heavy atom. The van der Waals surface area contributed by atoms with Gasteiger partial charge in [0.25, 0.3) is 0 Å². The number of nitrogens with one attached hydrogen (secondary N) is 1. The van der Waals surface area contributed by atoms with Crippen molar-refractivity contribution in [3.05, 3.63) is 17.8 Å². The zero-order chi connectivity index (χ0) is 9.14. The fourth-order valence-corrected chi connectivity index (χ4v) is 1.39. The first-order valence-electron chi connectivity index (χ1n) is 3.81. The molecule has 0 fully saturated rings. The van der Waals surface area contributed by atoms with Crippen LogP contribution in [-0.2, 0) is 0 Å². The van der Waals surface area contributed by atoms with Crippen LogP contribution >= 0.6 is 11.8 Å². The van der Waals surface area contributed by atoms with Gasteiger partial charge in [-0.1, -0.05) is 0 Å². The van der Waals surface area contributed by atoms with Gasteiger partial charge in [0, 0.05) is 11.7 Å². The molecule has 0 aromatic carbocycles. The van der Waals surface area contributed by atoms with Gasteiger partial charge in [-0.3, -0.25) is 0 Å². The molecule has 0 spiro atoms. The van der Waals surface area contributed by atoms with E-state index in [2.05, 4.69) is 4.98 Å². The van der Waals surface area contributed by atoms with Gasteiger partial charge in [-0.05, 0) is 25.3 Å². The minimum atomic E-state index is -0.592.